The Balaban J connectivity index is 4.27. The predicted molar refractivity (Wildman–Crippen MR) is 69.3 cm³/mol. The fourth-order valence-electron chi connectivity index (χ4n) is 1.69. The zero-order valence-electron chi connectivity index (χ0n) is 10.4. The Morgan fingerprint density at radius 2 is 1.93 bits per heavy atom. The fourth-order valence-corrected chi connectivity index (χ4v) is 1.94. The van der Waals surface area contributed by atoms with Crippen LogP contribution in [0.4, 0.5) is 0 Å². The molecule has 90 valence electrons. The fraction of sp³-hybridized carbons (Fsp3) is 0.917. The summed E-state index contributed by atoms with van der Waals surface area (Å²) in [7, 11) is 0. The van der Waals surface area contributed by atoms with Crippen LogP contribution in [0.15, 0.2) is 0 Å². The summed E-state index contributed by atoms with van der Waals surface area (Å²) in [4.78, 5) is 14.1. The molecule has 0 aromatic rings. The Labute approximate surface area is 103 Å². The van der Waals surface area contributed by atoms with E-state index in [0.29, 0.717) is 11.9 Å². The van der Waals surface area contributed by atoms with E-state index in [-0.39, 0.29) is 5.92 Å². The maximum absolute atomic E-state index is 12.1. The first-order valence-electron chi connectivity index (χ1n) is 5.91. The Morgan fingerprint density at radius 1 is 1.33 bits per heavy atom. The Morgan fingerprint density at radius 3 is 2.33 bits per heavy atom. The SMILES string of the molecule is CCCC(C)C(=O)N(CCCBr)C(C)C. The highest BCUT2D eigenvalue weighted by Gasteiger charge is 2.21. The van der Waals surface area contributed by atoms with Crippen LogP contribution < -0.4 is 0 Å². The summed E-state index contributed by atoms with van der Waals surface area (Å²) < 4.78 is 0. The van der Waals surface area contributed by atoms with Crippen molar-refractivity contribution in [2.24, 2.45) is 5.92 Å². The molecule has 0 saturated carbocycles. The highest BCUT2D eigenvalue weighted by atomic mass is 79.9. The van der Waals surface area contributed by atoms with E-state index in [9.17, 15) is 4.79 Å². The third-order valence-corrected chi connectivity index (χ3v) is 3.14. The van der Waals surface area contributed by atoms with Crippen molar-refractivity contribution in [1.82, 2.24) is 4.90 Å². The van der Waals surface area contributed by atoms with Crippen molar-refractivity contribution >= 4 is 21.8 Å². The summed E-state index contributed by atoms with van der Waals surface area (Å²) in [6.07, 6.45) is 3.11. The summed E-state index contributed by atoms with van der Waals surface area (Å²) in [6.45, 7) is 9.21. The number of amides is 1. The van der Waals surface area contributed by atoms with Crippen molar-refractivity contribution in [3.05, 3.63) is 0 Å². The summed E-state index contributed by atoms with van der Waals surface area (Å²) in [5.74, 6) is 0.487. The minimum absolute atomic E-state index is 0.174. The number of hydrogen-bond donors (Lipinski definition) is 0. The summed E-state index contributed by atoms with van der Waals surface area (Å²) in [5.41, 5.74) is 0. The number of nitrogens with zero attached hydrogens (tertiary/aromatic N) is 1. The van der Waals surface area contributed by atoms with E-state index in [1.165, 1.54) is 0 Å². The van der Waals surface area contributed by atoms with Crippen LogP contribution in [0.25, 0.3) is 0 Å². The Hall–Kier alpha value is -0.0500. The Kier molecular flexibility index (Phi) is 8.12. The second-order valence-corrected chi connectivity index (χ2v) is 5.15. The first-order valence-corrected chi connectivity index (χ1v) is 7.03. The predicted octanol–water partition coefficient (Wildman–Crippen LogP) is 3.44. The lowest BCUT2D eigenvalue weighted by atomic mass is 10.0. The van der Waals surface area contributed by atoms with Crippen LogP contribution in [0.2, 0.25) is 0 Å². The molecule has 2 nitrogen and oxygen atoms in total. The number of rotatable bonds is 7. The maximum Gasteiger partial charge on any atom is 0.225 e. The number of carbonyl (C=O) groups is 1. The Bertz CT molecular complexity index is 182. The van der Waals surface area contributed by atoms with Gasteiger partial charge in [-0.15, -0.1) is 0 Å². The van der Waals surface area contributed by atoms with E-state index in [2.05, 4.69) is 36.7 Å². The summed E-state index contributed by atoms with van der Waals surface area (Å²) >= 11 is 3.41. The third kappa shape index (κ3) is 5.55. The minimum atomic E-state index is 0.174. The minimum Gasteiger partial charge on any atom is -0.340 e. The molecular formula is C12H24BrNO. The monoisotopic (exact) mass is 277 g/mol. The van der Waals surface area contributed by atoms with Crippen LogP contribution in [0.5, 0.6) is 0 Å². The second-order valence-electron chi connectivity index (χ2n) is 4.36. The zero-order chi connectivity index (χ0) is 11.8. The van der Waals surface area contributed by atoms with Crippen molar-refractivity contribution in [3.63, 3.8) is 0 Å². The van der Waals surface area contributed by atoms with Gasteiger partial charge in [-0.25, -0.2) is 0 Å². The van der Waals surface area contributed by atoms with Gasteiger partial charge in [0.1, 0.15) is 0 Å². The summed E-state index contributed by atoms with van der Waals surface area (Å²) in [6, 6.07) is 0.316. The second kappa shape index (κ2) is 8.14. The number of hydrogen-bond acceptors (Lipinski definition) is 1. The topological polar surface area (TPSA) is 20.3 Å². The molecule has 0 saturated heterocycles. The van der Waals surface area contributed by atoms with Crippen molar-refractivity contribution in [2.45, 2.75) is 53.0 Å². The van der Waals surface area contributed by atoms with Gasteiger partial charge >= 0.3 is 0 Å². The molecule has 0 radical (unpaired) electrons. The zero-order valence-corrected chi connectivity index (χ0v) is 12.0. The van der Waals surface area contributed by atoms with Gasteiger partial charge in [-0.05, 0) is 26.7 Å². The molecule has 3 heteroatoms. The first kappa shape index (κ1) is 14.9. The molecule has 15 heavy (non-hydrogen) atoms. The van der Waals surface area contributed by atoms with E-state index in [4.69, 9.17) is 0 Å². The molecular weight excluding hydrogens is 254 g/mol. The largest absolute Gasteiger partial charge is 0.340 e. The lowest BCUT2D eigenvalue weighted by molar-refractivity contribution is -0.137. The van der Waals surface area contributed by atoms with Gasteiger partial charge in [0.15, 0.2) is 0 Å². The van der Waals surface area contributed by atoms with Crippen LogP contribution >= 0.6 is 15.9 Å². The number of halogens is 1. The first-order chi connectivity index (χ1) is 7.04. The van der Waals surface area contributed by atoms with Gasteiger partial charge in [-0.1, -0.05) is 36.2 Å². The van der Waals surface area contributed by atoms with Gasteiger partial charge in [0.05, 0.1) is 0 Å². The highest BCUT2D eigenvalue weighted by molar-refractivity contribution is 9.09. The average Bonchev–Trinajstić information content (AvgIpc) is 2.18. The number of carbonyl (C=O) groups excluding carboxylic acids is 1. The van der Waals surface area contributed by atoms with Gasteiger partial charge in [0.25, 0.3) is 0 Å². The van der Waals surface area contributed by atoms with Gasteiger partial charge in [0, 0.05) is 23.8 Å². The molecule has 1 atom stereocenters. The van der Waals surface area contributed by atoms with E-state index >= 15 is 0 Å². The molecule has 0 aromatic heterocycles. The van der Waals surface area contributed by atoms with Crippen molar-refractivity contribution < 1.29 is 4.79 Å². The average molecular weight is 278 g/mol. The van der Waals surface area contributed by atoms with Crippen LogP contribution in [0.3, 0.4) is 0 Å². The molecule has 0 aliphatic rings. The lowest BCUT2D eigenvalue weighted by Crippen LogP contribution is -2.41. The smallest absolute Gasteiger partial charge is 0.225 e. The molecule has 0 aromatic carbocycles. The van der Waals surface area contributed by atoms with Gasteiger partial charge < -0.3 is 4.90 Å². The molecule has 0 spiro atoms. The van der Waals surface area contributed by atoms with Crippen LogP contribution in [-0.4, -0.2) is 28.7 Å². The molecule has 1 unspecified atom stereocenters. The van der Waals surface area contributed by atoms with Crippen molar-refractivity contribution in [1.29, 1.82) is 0 Å². The number of alkyl halides is 1. The normalized spacial score (nSPS) is 12.9. The van der Waals surface area contributed by atoms with E-state index in [0.717, 1.165) is 31.1 Å². The van der Waals surface area contributed by atoms with Gasteiger partial charge in [-0.3, -0.25) is 4.79 Å². The molecule has 0 heterocycles. The van der Waals surface area contributed by atoms with Crippen molar-refractivity contribution in [2.75, 3.05) is 11.9 Å². The third-order valence-electron chi connectivity index (χ3n) is 2.58. The molecule has 0 N–H and O–H groups in total. The standard InChI is InChI=1S/C12H24BrNO/c1-5-7-11(4)12(15)14(10(2)3)9-6-8-13/h10-11H,5-9H2,1-4H3. The highest BCUT2D eigenvalue weighted by Crippen LogP contribution is 2.12. The van der Waals surface area contributed by atoms with Crippen LogP contribution in [0, 0.1) is 5.92 Å². The van der Waals surface area contributed by atoms with Crippen LogP contribution in [-0.2, 0) is 4.79 Å². The lowest BCUT2D eigenvalue weighted by Gasteiger charge is -2.29. The molecule has 0 aliphatic carbocycles. The van der Waals surface area contributed by atoms with Gasteiger partial charge in [-0.2, -0.15) is 0 Å². The van der Waals surface area contributed by atoms with Gasteiger partial charge in [0.2, 0.25) is 5.91 Å². The maximum atomic E-state index is 12.1. The quantitative estimate of drug-likeness (QED) is 0.653. The van der Waals surface area contributed by atoms with Crippen molar-refractivity contribution in [3.8, 4) is 0 Å². The molecule has 0 bridgehead atoms. The molecule has 0 aliphatic heterocycles. The summed E-state index contributed by atoms with van der Waals surface area (Å²) in [5, 5.41) is 0.964. The van der Waals surface area contributed by atoms with E-state index in [1.807, 2.05) is 11.8 Å². The van der Waals surface area contributed by atoms with Crippen LogP contribution in [0.1, 0.15) is 47.0 Å². The molecule has 1 amide bonds. The molecule has 0 fully saturated rings. The molecule has 0 rings (SSSR count). The van der Waals surface area contributed by atoms with E-state index in [1.54, 1.807) is 0 Å². The van der Waals surface area contributed by atoms with E-state index < -0.39 is 0 Å².